The SMILES string of the molecule is Cc1cc(C)c(OCCC2CCCCN2)c(Cn2ccc(N)nc2=O)c1. The standard InChI is InChI=1S/C20H28N4O2/c1-14-11-15(2)19(26-10-7-17-5-3-4-8-22-17)16(12-14)13-24-9-6-18(21)23-20(24)25/h6,9,11-12,17,22H,3-5,7-8,10,13H2,1-2H3,(H2,21,23,25). The van der Waals surface area contributed by atoms with E-state index in [1.54, 1.807) is 16.8 Å². The Morgan fingerprint density at radius 2 is 2.19 bits per heavy atom. The van der Waals surface area contributed by atoms with Crippen LogP contribution in [0.5, 0.6) is 5.75 Å². The predicted octanol–water partition coefficient (Wildman–Crippen LogP) is 2.40. The third-order valence-corrected chi connectivity index (χ3v) is 4.86. The first-order valence-electron chi connectivity index (χ1n) is 9.32. The van der Waals surface area contributed by atoms with Crippen LogP contribution >= 0.6 is 0 Å². The van der Waals surface area contributed by atoms with E-state index < -0.39 is 0 Å². The summed E-state index contributed by atoms with van der Waals surface area (Å²) in [5, 5.41) is 3.55. The summed E-state index contributed by atoms with van der Waals surface area (Å²) in [5.74, 6) is 1.11. The van der Waals surface area contributed by atoms with E-state index in [-0.39, 0.29) is 11.5 Å². The molecule has 0 aliphatic carbocycles. The number of benzene rings is 1. The van der Waals surface area contributed by atoms with E-state index in [9.17, 15) is 4.79 Å². The van der Waals surface area contributed by atoms with Gasteiger partial charge in [0.2, 0.25) is 0 Å². The average molecular weight is 356 g/mol. The summed E-state index contributed by atoms with van der Waals surface area (Å²) in [6, 6.07) is 6.37. The van der Waals surface area contributed by atoms with Gasteiger partial charge in [-0.25, -0.2) is 4.79 Å². The number of anilines is 1. The minimum absolute atomic E-state index is 0.239. The van der Waals surface area contributed by atoms with Crippen molar-refractivity contribution < 1.29 is 4.74 Å². The molecule has 2 aromatic rings. The number of aryl methyl sites for hydroxylation is 2. The highest BCUT2D eigenvalue weighted by molar-refractivity contribution is 5.44. The first-order chi connectivity index (χ1) is 12.5. The molecule has 1 unspecified atom stereocenters. The quantitative estimate of drug-likeness (QED) is 0.830. The van der Waals surface area contributed by atoms with Gasteiger partial charge >= 0.3 is 5.69 Å². The molecule has 1 fully saturated rings. The monoisotopic (exact) mass is 356 g/mol. The van der Waals surface area contributed by atoms with Crippen molar-refractivity contribution in [3.8, 4) is 5.75 Å². The molecule has 3 N–H and O–H groups in total. The zero-order valence-corrected chi connectivity index (χ0v) is 15.6. The van der Waals surface area contributed by atoms with Crippen LogP contribution in [0, 0.1) is 13.8 Å². The molecular weight excluding hydrogens is 328 g/mol. The largest absolute Gasteiger partial charge is 0.493 e. The maximum absolute atomic E-state index is 12.1. The molecule has 2 heterocycles. The molecule has 26 heavy (non-hydrogen) atoms. The number of rotatable bonds is 6. The first-order valence-corrected chi connectivity index (χ1v) is 9.32. The van der Waals surface area contributed by atoms with Gasteiger partial charge < -0.3 is 15.8 Å². The van der Waals surface area contributed by atoms with Crippen LogP contribution in [0.15, 0.2) is 29.2 Å². The van der Waals surface area contributed by atoms with Crippen LogP contribution in [-0.2, 0) is 6.54 Å². The molecule has 1 aliphatic rings. The predicted molar refractivity (Wildman–Crippen MR) is 104 cm³/mol. The Bertz CT molecular complexity index is 810. The lowest BCUT2D eigenvalue weighted by Gasteiger charge is -2.24. The highest BCUT2D eigenvalue weighted by Crippen LogP contribution is 2.26. The Kier molecular flexibility index (Phi) is 5.93. The third kappa shape index (κ3) is 4.64. The number of aromatic nitrogens is 2. The van der Waals surface area contributed by atoms with Crippen molar-refractivity contribution >= 4 is 5.82 Å². The number of nitrogens with zero attached hydrogens (tertiary/aromatic N) is 2. The fourth-order valence-corrected chi connectivity index (χ4v) is 3.59. The zero-order valence-electron chi connectivity index (χ0n) is 15.6. The van der Waals surface area contributed by atoms with Crippen LogP contribution in [0.2, 0.25) is 0 Å². The molecule has 1 aliphatic heterocycles. The van der Waals surface area contributed by atoms with Crippen molar-refractivity contribution in [1.82, 2.24) is 14.9 Å². The summed E-state index contributed by atoms with van der Waals surface area (Å²) < 4.78 is 7.72. The second kappa shape index (κ2) is 8.36. The van der Waals surface area contributed by atoms with E-state index in [0.29, 0.717) is 19.2 Å². The highest BCUT2D eigenvalue weighted by Gasteiger charge is 2.14. The maximum atomic E-state index is 12.1. The topological polar surface area (TPSA) is 82.2 Å². The van der Waals surface area contributed by atoms with Crippen molar-refractivity contribution in [2.24, 2.45) is 0 Å². The van der Waals surface area contributed by atoms with E-state index in [0.717, 1.165) is 35.4 Å². The van der Waals surface area contributed by atoms with Crippen molar-refractivity contribution in [2.45, 2.75) is 52.1 Å². The van der Waals surface area contributed by atoms with Gasteiger partial charge in [0.05, 0.1) is 13.2 Å². The first kappa shape index (κ1) is 18.5. The highest BCUT2D eigenvalue weighted by atomic mass is 16.5. The van der Waals surface area contributed by atoms with Crippen molar-refractivity contribution in [3.63, 3.8) is 0 Å². The minimum Gasteiger partial charge on any atom is -0.493 e. The average Bonchev–Trinajstić information content (AvgIpc) is 2.60. The van der Waals surface area contributed by atoms with Gasteiger partial charge in [0, 0.05) is 17.8 Å². The normalized spacial score (nSPS) is 17.2. The van der Waals surface area contributed by atoms with Gasteiger partial charge in [0.15, 0.2) is 0 Å². The molecule has 1 atom stereocenters. The summed E-state index contributed by atoms with van der Waals surface area (Å²) in [6.07, 6.45) is 6.45. The summed E-state index contributed by atoms with van der Waals surface area (Å²) in [7, 11) is 0. The van der Waals surface area contributed by atoms with Gasteiger partial charge in [0.25, 0.3) is 0 Å². The lowest BCUT2D eigenvalue weighted by Crippen LogP contribution is -2.35. The number of hydrogen-bond acceptors (Lipinski definition) is 5. The lowest BCUT2D eigenvalue weighted by atomic mass is 10.0. The molecule has 1 aromatic carbocycles. The van der Waals surface area contributed by atoms with Crippen LogP contribution in [0.1, 0.15) is 42.4 Å². The van der Waals surface area contributed by atoms with Crippen LogP contribution in [-0.4, -0.2) is 28.7 Å². The smallest absolute Gasteiger partial charge is 0.349 e. The van der Waals surface area contributed by atoms with Crippen molar-refractivity contribution in [3.05, 3.63) is 51.6 Å². The molecule has 0 spiro atoms. The van der Waals surface area contributed by atoms with E-state index >= 15 is 0 Å². The molecule has 0 radical (unpaired) electrons. The molecule has 0 bridgehead atoms. The molecular formula is C20H28N4O2. The minimum atomic E-state index is -0.346. The molecule has 0 saturated carbocycles. The van der Waals surface area contributed by atoms with Crippen LogP contribution in [0.3, 0.4) is 0 Å². The summed E-state index contributed by atoms with van der Waals surface area (Å²) in [6.45, 7) is 6.30. The van der Waals surface area contributed by atoms with Gasteiger partial charge in [-0.2, -0.15) is 4.98 Å². The van der Waals surface area contributed by atoms with Gasteiger partial charge in [-0.05, 0) is 51.3 Å². The number of nitrogen functional groups attached to an aromatic ring is 1. The second-order valence-electron chi connectivity index (χ2n) is 7.12. The third-order valence-electron chi connectivity index (χ3n) is 4.86. The van der Waals surface area contributed by atoms with Crippen molar-refractivity contribution in [2.75, 3.05) is 18.9 Å². The fraction of sp³-hybridized carbons (Fsp3) is 0.500. The summed E-state index contributed by atoms with van der Waals surface area (Å²) >= 11 is 0. The van der Waals surface area contributed by atoms with Crippen molar-refractivity contribution in [1.29, 1.82) is 0 Å². The zero-order chi connectivity index (χ0) is 18.5. The Morgan fingerprint density at radius 3 is 2.92 bits per heavy atom. The maximum Gasteiger partial charge on any atom is 0.349 e. The Balaban J connectivity index is 1.75. The van der Waals surface area contributed by atoms with E-state index in [2.05, 4.69) is 36.3 Å². The van der Waals surface area contributed by atoms with E-state index in [1.165, 1.54) is 19.3 Å². The molecule has 1 saturated heterocycles. The lowest BCUT2D eigenvalue weighted by molar-refractivity contribution is 0.264. The molecule has 6 nitrogen and oxygen atoms in total. The Morgan fingerprint density at radius 1 is 1.35 bits per heavy atom. The van der Waals surface area contributed by atoms with Gasteiger partial charge in [0.1, 0.15) is 11.6 Å². The van der Waals surface area contributed by atoms with Gasteiger partial charge in [-0.3, -0.25) is 4.57 Å². The van der Waals surface area contributed by atoms with Crippen LogP contribution in [0.25, 0.3) is 0 Å². The van der Waals surface area contributed by atoms with E-state index in [4.69, 9.17) is 10.5 Å². The van der Waals surface area contributed by atoms with Gasteiger partial charge in [-0.1, -0.05) is 24.1 Å². The van der Waals surface area contributed by atoms with Gasteiger partial charge in [-0.15, -0.1) is 0 Å². The summed E-state index contributed by atoms with van der Waals surface area (Å²) in [5.41, 5.74) is 8.47. The number of piperidine rings is 1. The molecule has 0 amide bonds. The Labute approximate surface area is 154 Å². The Hall–Kier alpha value is -2.34. The summed E-state index contributed by atoms with van der Waals surface area (Å²) in [4.78, 5) is 15.9. The number of hydrogen-bond donors (Lipinski definition) is 2. The molecule has 6 heteroatoms. The molecule has 3 rings (SSSR count). The second-order valence-corrected chi connectivity index (χ2v) is 7.12. The van der Waals surface area contributed by atoms with Crippen LogP contribution < -0.4 is 21.5 Å². The number of ether oxygens (including phenoxy) is 1. The molecule has 1 aromatic heterocycles. The number of nitrogens with two attached hydrogens (primary N) is 1. The van der Waals surface area contributed by atoms with E-state index in [1.807, 2.05) is 0 Å². The molecule has 140 valence electrons. The fourth-order valence-electron chi connectivity index (χ4n) is 3.59. The van der Waals surface area contributed by atoms with Crippen LogP contribution in [0.4, 0.5) is 5.82 Å². The number of nitrogens with one attached hydrogen (secondary N) is 1.